The van der Waals surface area contributed by atoms with Gasteiger partial charge in [0.15, 0.2) is 0 Å². The molecule has 7 atom stereocenters. The van der Waals surface area contributed by atoms with Crippen LogP contribution in [0.5, 0.6) is 0 Å². The summed E-state index contributed by atoms with van der Waals surface area (Å²) < 4.78 is 17.8. The molecule has 0 aromatic rings. The Morgan fingerprint density at radius 2 is 1.92 bits per heavy atom. The monoisotopic (exact) mass is 357 g/mol. The average molecular weight is 358 g/mol. The Hall–Kier alpha value is 0.110. The van der Waals surface area contributed by atoms with Gasteiger partial charge in [-0.2, -0.15) is 0 Å². The van der Waals surface area contributed by atoms with Crippen molar-refractivity contribution in [2.45, 2.75) is 67.5 Å². The van der Waals surface area contributed by atoms with Gasteiger partial charge in [-0.25, -0.2) is 0 Å². The van der Waals surface area contributed by atoms with Crippen molar-refractivity contribution in [3.63, 3.8) is 0 Å². The average Bonchev–Trinajstić information content (AvgIpc) is 3.19. The number of ether oxygens (including phenoxy) is 3. The molecule has 0 aromatic carbocycles. The van der Waals surface area contributed by atoms with Crippen molar-refractivity contribution in [3.8, 4) is 0 Å². The van der Waals surface area contributed by atoms with Gasteiger partial charge in [0.1, 0.15) is 0 Å². The minimum absolute atomic E-state index is 0.271. The molecule has 3 aliphatic heterocycles. The van der Waals surface area contributed by atoms with E-state index in [-0.39, 0.29) is 6.10 Å². The quantitative estimate of drug-likeness (QED) is 0.595. The zero-order chi connectivity index (χ0) is 16.4. The van der Waals surface area contributed by atoms with Crippen LogP contribution in [0, 0.1) is 5.92 Å². The van der Waals surface area contributed by atoms with Gasteiger partial charge < -0.3 is 19.5 Å². The molecule has 4 rings (SSSR count). The predicted octanol–water partition coefficient (Wildman–Crippen LogP) is 0.873. The number of hydrazine groups is 1. The molecule has 1 saturated carbocycles. The normalized spacial score (nSPS) is 47.6. The second kappa shape index (κ2) is 8.20. The molecule has 0 radical (unpaired) electrons. The topological polar surface area (TPSA) is 63.8 Å². The Morgan fingerprint density at radius 1 is 1.00 bits per heavy atom. The van der Waals surface area contributed by atoms with Gasteiger partial charge in [0.2, 0.25) is 0 Å². The van der Waals surface area contributed by atoms with Gasteiger partial charge in [0.05, 0.1) is 37.4 Å². The minimum atomic E-state index is 0.271. The first-order valence-electron chi connectivity index (χ1n) is 9.50. The number of fused-ring (bicyclic) bond motifs is 4. The summed E-state index contributed by atoms with van der Waals surface area (Å²) in [6.45, 7) is 6.11. The lowest BCUT2D eigenvalue weighted by atomic mass is 9.79. The van der Waals surface area contributed by atoms with Crippen LogP contribution in [0.15, 0.2) is 0 Å². The van der Waals surface area contributed by atoms with Gasteiger partial charge in [-0.3, -0.25) is 10.9 Å². The highest BCUT2D eigenvalue weighted by Crippen LogP contribution is 2.38. The molecular weight excluding hydrogens is 326 g/mol. The van der Waals surface area contributed by atoms with Crippen molar-refractivity contribution in [1.82, 2.24) is 16.2 Å². The van der Waals surface area contributed by atoms with E-state index in [1.54, 1.807) is 0 Å². The van der Waals surface area contributed by atoms with E-state index in [1.165, 1.54) is 19.3 Å². The zero-order valence-corrected chi connectivity index (χ0v) is 15.4. The standard InChI is InChI=1S/C17H31N3O3S/c1-11-4-5-21-6-7-22-10-16-18-9-15(24-16)17-13-8-12(23-11)2-3-14(13)19-20-17/h11-20H,2-10H2,1H3/t11-,12?,13?,14?,15?,16?,17?/m1/s1. The van der Waals surface area contributed by atoms with Gasteiger partial charge in [-0.15, -0.1) is 11.8 Å². The first kappa shape index (κ1) is 17.5. The molecule has 0 spiro atoms. The maximum atomic E-state index is 6.34. The van der Waals surface area contributed by atoms with Gasteiger partial charge in [0.25, 0.3) is 0 Å². The van der Waals surface area contributed by atoms with E-state index >= 15 is 0 Å². The Bertz CT molecular complexity index is 417. The van der Waals surface area contributed by atoms with Crippen LogP contribution in [0.1, 0.15) is 32.6 Å². The van der Waals surface area contributed by atoms with Gasteiger partial charge in [0, 0.05) is 30.5 Å². The molecule has 0 amide bonds. The van der Waals surface area contributed by atoms with E-state index in [4.69, 9.17) is 14.2 Å². The molecule has 4 fully saturated rings. The van der Waals surface area contributed by atoms with Crippen LogP contribution < -0.4 is 16.2 Å². The van der Waals surface area contributed by atoms with E-state index < -0.39 is 0 Å². The van der Waals surface area contributed by atoms with E-state index in [0.29, 0.717) is 47.9 Å². The van der Waals surface area contributed by atoms with Crippen molar-refractivity contribution in [3.05, 3.63) is 0 Å². The number of hydrogen-bond donors (Lipinski definition) is 3. The second-order valence-electron chi connectivity index (χ2n) is 7.51. The lowest BCUT2D eigenvalue weighted by Gasteiger charge is -2.35. The lowest BCUT2D eigenvalue weighted by molar-refractivity contribution is -0.0499. The van der Waals surface area contributed by atoms with Crippen LogP contribution in [-0.2, 0) is 14.2 Å². The summed E-state index contributed by atoms with van der Waals surface area (Å²) in [7, 11) is 0. The molecule has 4 aliphatic rings. The first-order valence-corrected chi connectivity index (χ1v) is 10.4. The van der Waals surface area contributed by atoms with Crippen molar-refractivity contribution in [2.75, 3.05) is 33.0 Å². The van der Waals surface area contributed by atoms with Gasteiger partial charge >= 0.3 is 0 Å². The van der Waals surface area contributed by atoms with Crippen LogP contribution in [0.4, 0.5) is 0 Å². The van der Waals surface area contributed by atoms with Crippen LogP contribution in [0.2, 0.25) is 0 Å². The Kier molecular flexibility index (Phi) is 5.99. The molecule has 6 nitrogen and oxygen atoms in total. The number of hydrogen-bond acceptors (Lipinski definition) is 7. The molecule has 3 heterocycles. The third-order valence-electron chi connectivity index (χ3n) is 5.77. The Labute approximate surface area is 149 Å². The first-order chi connectivity index (χ1) is 11.8. The number of nitrogens with one attached hydrogen (secondary N) is 3. The molecule has 0 aromatic heterocycles. The third-order valence-corrected chi connectivity index (χ3v) is 7.21. The molecule has 4 bridgehead atoms. The smallest absolute Gasteiger partial charge is 0.0773 e. The van der Waals surface area contributed by atoms with E-state index in [2.05, 4.69) is 23.1 Å². The summed E-state index contributed by atoms with van der Waals surface area (Å²) in [4.78, 5) is 0. The largest absolute Gasteiger partial charge is 0.379 e. The minimum Gasteiger partial charge on any atom is -0.379 e. The third kappa shape index (κ3) is 4.09. The maximum Gasteiger partial charge on any atom is 0.0773 e. The predicted molar refractivity (Wildman–Crippen MR) is 94.9 cm³/mol. The highest BCUT2D eigenvalue weighted by molar-refractivity contribution is 8.00. The molecule has 6 unspecified atom stereocenters. The van der Waals surface area contributed by atoms with E-state index in [1.807, 2.05) is 11.8 Å². The molecular formula is C17H31N3O3S. The fraction of sp³-hybridized carbons (Fsp3) is 1.00. The van der Waals surface area contributed by atoms with Crippen molar-refractivity contribution < 1.29 is 14.2 Å². The highest BCUT2D eigenvalue weighted by Gasteiger charge is 2.46. The maximum absolute atomic E-state index is 6.34. The van der Waals surface area contributed by atoms with Gasteiger partial charge in [-0.05, 0) is 38.5 Å². The van der Waals surface area contributed by atoms with Crippen molar-refractivity contribution >= 4 is 11.8 Å². The molecule has 3 N–H and O–H groups in total. The SMILES string of the molecule is C[C@@H]1CCOCCOCC2NCC(S2)C2NNC3CCC(CC32)O1. The summed E-state index contributed by atoms with van der Waals surface area (Å²) in [6.07, 6.45) is 5.18. The Balaban J connectivity index is 1.42. The van der Waals surface area contributed by atoms with Crippen LogP contribution in [-0.4, -0.2) is 67.9 Å². The van der Waals surface area contributed by atoms with E-state index in [0.717, 1.165) is 26.2 Å². The summed E-state index contributed by atoms with van der Waals surface area (Å²) in [6, 6.07) is 1.12. The number of rotatable bonds is 0. The lowest BCUT2D eigenvalue weighted by Crippen LogP contribution is -2.43. The fourth-order valence-electron chi connectivity index (χ4n) is 4.46. The molecule has 24 heavy (non-hydrogen) atoms. The second-order valence-corrected chi connectivity index (χ2v) is 8.96. The fourth-order valence-corrected chi connectivity index (χ4v) is 5.89. The summed E-state index contributed by atoms with van der Waals surface area (Å²) in [5.74, 6) is 0.666. The van der Waals surface area contributed by atoms with Crippen molar-refractivity contribution in [1.29, 1.82) is 0 Å². The summed E-state index contributed by atoms with van der Waals surface area (Å²) >= 11 is 2.03. The highest BCUT2D eigenvalue weighted by atomic mass is 32.2. The van der Waals surface area contributed by atoms with E-state index in [9.17, 15) is 0 Å². The molecule has 138 valence electrons. The number of thioether (sulfide) groups is 1. The summed E-state index contributed by atoms with van der Waals surface area (Å²) in [5.41, 5.74) is 7.15. The molecule has 1 aliphatic carbocycles. The summed E-state index contributed by atoms with van der Waals surface area (Å²) in [5, 5.41) is 4.61. The molecule has 7 heteroatoms. The van der Waals surface area contributed by atoms with Crippen molar-refractivity contribution in [2.24, 2.45) is 5.92 Å². The van der Waals surface area contributed by atoms with Gasteiger partial charge in [-0.1, -0.05) is 0 Å². The van der Waals surface area contributed by atoms with Crippen LogP contribution >= 0.6 is 11.8 Å². The Morgan fingerprint density at radius 3 is 2.88 bits per heavy atom. The van der Waals surface area contributed by atoms with Crippen LogP contribution in [0.3, 0.4) is 0 Å². The zero-order valence-electron chi connectivity index (χ0n) is 14.5. The van der Waals surface area contributed by atoms with Crippen LogP contribution in [0.25, 0.3) is 0 Å². The molecule has 3 saturated heterocycles.